The molecule has 2 saturated carbocycles. The Labute approximate surface area is 198 Å². The first-order valence-corrected chi connectivity index (χ1v) is 12.1. The van der Waals surface area contributed by atoms with Crippen molar-refractivity contribution >= 4 is 18.0 Å². The van der Waals surface area contributed by atoms with Crippen LogP contribution in [0, 0.1) is 11.3 Å². The quantitative estimate of drug-likeness (QED) is 0.708. The summed E-state index contributed by atoms with van der Waals surface area (Å²) in [4.78, 5) is 39.0. The molecular weight excluding hydrogens is 432 g/mol. The van der Waals surface area contributed by atoms with Crippen LogP contribution in [0.25, 0.3) is 11.1 Å². The Morgan fingerprint density at radius 1 is 1.03 bits per heavy atom. The molecule has 0 aromatic heterocycles. The molecule has 4 aliphatic rings. The highest BCUT2D eigenvalue weighted by molar-refractivity contribution is 5.91. The SMILES string of the molecule is O=C(N[C@H]1C[C@@H]2C[C@]2(C(=O)N2CCC[C@H]2C(=O)O)C1)OCC1c2ccccc2-c2ccccc21. The summed E-state index contributed by atoms with van der Waals surface area (Å²) in [6.45, 7) is 0.767. The van der Waals surface area contributed by atoms with E-state index in [4.69, 9.17) is 4.74 Å². The number of fused-ring (bicyclic) bond motifs is 4. The van der Waals surface area contributed by atoms with Gasteiger partial charge >= 0.3 is 12.1 Å². The third kappa shape index (κ3) is 3.29. The van der Waals surface area contributed by atoms with Crippen molar-refractivity contribution in [1.29, 1.82) is 0 Å². The number of hydrogen-bond donors (Lipinski definition) is 2. The fraction of sp³-hybridized carbons (Fsp3) is 0.444. The van der Waals surface area contributed by atoms with Crippen molar-refractivity contribution < 1.29 is 24.2 Å². The van der Waals surface area contributed by atoms with Gasteiger partial charge in [-0.1, -0.05) is 48.5 Å². The molecule has 1 aliphatic heterocycles. The van der Waals surface area contributed by atoms with Crippen LogP contribution < -0.4 is 5.32 Å². The number of alkyl carbamates (subject to hydrolysis) is 1. The third-order valence-electron chi connectivity index (χ3n) is 8.30. The Balaban J connectivity index is 1.07. The predicted molar refractivity (Wildman–Crippen MR) is 124 cm³/mol. The molecule has 6 rings (SSSR count). The zero-order valence-corrected chi connectivity index (χ0v) is 18.9. The van der Waals surface area contributed by atoms with Crippen LogP contribution in [0.4, 0.5) is 4.79 Å². The fourth-order valence-corrected chi connectivity index (χ4v) is 6.62. The Morgan fingerprint density at radius 3 is 2.38 bits per heavy atom. The summed E-state index contributed by atoms with van der Waals surface area (Å²) < 4.78 is 5.67. The molecule has 1 saturated heterocycles. The van der Waals surface area contributed by atoms with E-state index >= 15 is 0 Å². The minimum absolute atomic E-state index is 0.00571. The first kappa shape index (κ1) is 21.2. The van der Waals surface area contributed by atoms with Crippen LogP contribution in [0.2, 0.25) is 0 Å². The van der Waals surface area contributed by atoms with Crippen LogP contribution in [0.1, 0.15) is 49.1 Å². The molecule has 0 unspecified atom stereocenters. The number of hydrogen-bond acceptors (Lipinski definition) is 4. The van der Waals surface area contributed by atoms with Crippen LogP contribution in [0.5, 0.6) is 0 Å². The second-order valence-corrected chi connectivity index (χ2v) is 10.2. The molecule has 176 valence electrons. The molecule has 2 amide bonds. The lowest BCUT2D eigenvalue weighted by atomic mass is 9.98. The number of ether oxygens (including phenoxy) is 1. The number of likely N-dealkylation sites (tertiary alicyclic amines) is 1. The summed E-state index contributed by atoms with van der Waals surface area (Å²) in [6, 6.07) is 15.6. The van der Waals surface area contributed by atoms with Gasteiger partial charge in [0, 0.05) is 18.5 Å². The van der Waals surface area contributed by atoms with Crippen molar-refractivity contribution in [3.8, 4) is 11.1 Å². The Hall–Kier alpha value is -3.35. The second kappa shape index (κ2) is 7.86. The van der Waals surface area contributed by atoms with E-state index in [0.717, 1.165) is 19.3 Å². The van der Waals surface area contributed by atoms with E-state index in [1.54, 1.807) is 4.90 Å². The number of benzene rings is 2. The van der Waals surface area contributed by atoms with Crippen molar-refractivity contribution in [1.82, 2.24) is 10.2 Å². The number of carbonyl (C=O) groups excluding carboxylic acids is 2. The zero-order valence-electron chi connectivity index (χ0n) is 18.9. The summed E-state index contributed by atoms with van der Waals surface area (Å²) in [6.07, 6.45) is 2.87. The number of carbonyl (C=O) groups is 3. The zero-order chi connectivity index (χ0) is 23.4. The highest BCUT2D eigenvalue weighted by Gasteiger charge is 2.66. The van der Waals surface area contributed by atoms with Crippen LogP contribution in [-0.4, -0.2) is 53.2 Å². The van der Waals surface area contributed by atoms with Gasteiger partial charge in [-0.15, -0.1) is 0 Å². The molecule has 0 spiro atoms. The van der Waals surface area contributed by atoms with Crippen LogP contribution >= 0.6 is 0 Å². The molecular formula is C27H28N2O5. The maximum absolute atomic E-state index is 13.2. The Bertz CT molecular complexity index is 1130. The number of nitrogens with zero attached hydrogens (tertiary/aromatic N) is 1. The molecule has 4 atom stereocenters. The predicted octanol–water partition coefficient (Wildman–Crippen LogP) is 3.77. The monoisotopic (exact) mass is 460 g/mol. The van der Waals surface area contributed by atoms with E-state index in [9.17, 15) is 19.5 Å². The lowest BCUT2D eigenvalue weighted by Crippen LogP contribution is -2.45. The number of carboxylic acid groups (broad SMARTS) is 1. The lowest BCUT2D eigenvalue weighted by Gasteiger charge is -2.26. The van der Waals surface area contributed by atoms with Crippen molar-refractivity contribution in [3.05, 3.63) is 59.7 Å². The van der Waals surface area contributed by atoms with E-state index in [2.05, 4.69) is 29.6 Å². The van der Waals surface area contributed by atoms with Gasteiger partial charge in [0.2, 0.25) is 5.91 Å². The third-order valence-corrected chi connectivity index (χ3v) is 8.30. The smallest absolute Gasteiger partial charge is 0.407 e. The average Bonchev–Trinajstić information content (AvgIpc) is 3.18. The number of aliphatic carboxylic acids is 1. The number of nitrogens with one attached hydrogen (secondary N) is 1. The number of amides is 2. The molecule has 0 radical (unpaired) electrons. The second-order valence-electron chi connectivity index (χ2n) is 10.2. The van der Waals surface area contributed by atoms with Gasteiger partial charge < -0.3 is 20.1 Å². The van der Waals surface area contributed by atoms with Gasteiger partial charge in [-0.3, -0.25) is 4.79 Å². The molecule has 2 aromatic carbocycles. The Morgan fingerprint density at radius 2 is 1.71 bits per heavy atom. The van der Waals surface area contributed by atoms with Gasteiger partial charge in [0.15, 0.2) is 0 Å². The van der Waals surface area contributed by atoms with Crippen LogP contribution in [0.3, 0.4) is 0 Å². The van der Waals surface area contributed by atoms with Gasteiger partial charge in [-0.2, -0.15) is 0 Å². The van der Waals surface area contributed by atoms with Crippen molar-refractivity contribution in [2.24, 2.45) is 11.3 Å². The van der Waals surface area contributed by atoms with Crippen molar-refractivity contribution in [2.75, 3.05) is 13.2 Å². The van der Waals surface area contributed by atoms with Crippen LogP contribution in [-0.2, 0) is 14.3 Å². The summed E-state index contributed by atoms with van der Waals surface area (Å²) in [5.74, 6) is -0.745. The fourth-order valence-electron chi connectivity index (χ4n) is 6.62. The number of rotatable bonds is 5. The standard InChI is InChI=1S/C27H28N2O5/c30-24(31)23-10-5-11-29(23)25(32)27-13-16(27)12-17(14-27)28-26(33)34-15-22-20-8-3-1-6-18(20)19-7-2-4-9-21(19)22/h1-4,6-9,16-17,22-23H,5,10-15H2,(H,28,33)(H,30,31)/t16-,17+,23+,27+/m1/s1. The molecule has 3 aliphatic carbocycles. The highest BCUT2D eigenvalue weighted by atomic mass is 16.5. The maximum Gasteiger partial charge on any atom is 0.407 e. The average molecular weight is 461 g/mol. The summed E-state index contributed by atoms with van der Waals surface area (Å²) in [5, 5.41) is 12.4. The maximum atomic E-state index is 13.2. The first-order chi connectivity index (χ1) is 16.5. The molecule has 2 aromatic rings. The summed E-state index contributed by atoms with van der Waals surface area (Å²) in [5.41, 5.74) is 4.21. The molecule has 2 N–H and O–H groups in total. The van der Waals surface area contributed by atoms with E-state index in [0.29, 0.717) is 19.4 Å². The van der Waals surface area contributed by atoms with Crippen LogP contribution in [0.15, 0.2) is 48.5 Å². The van der Waals surface area contributed by atoms with E-state index < -0.39 is 23.5 Å². The largest absolute Gasteiger partial charge is 0.480 e. The highest BCUT2D eigenvalue weighted by Crippen LogP contribution is 2.64. The van der Waals surface area contributed by atoms with E-state index in [1.807, 2.05) is 24.3 Å². The Kier molecular flexibility index (Phi) is 4.90. The molecule has 3 fully saturated rings. The molecule has 7 nitrogen and oxygen atoms in total. The minimum atomic E-state index is -0.925. The first-order valence-electron chi connectivity index (χ1n) is 12.1. The van der Waals surface area contributed by atoms with E-state index in [-0.39, 0.29) is 30.4 Å². The van der Waals surface area contributed by atoms with Crippen molar-refractivity contribution in [2.45, 2.75) is 50.1 Å². The van der Waals surface area contributed by atoms with Gasteiger partial charge in [0.25, 0.3) is 0 Å². The van der Waals surface area contributed by atoms with E-state index in [1.165, 1.54) is 22.3 Å². The minimum Gasteiger partial charge on any atom is -0.480 e. The molecule has 7 heteroatoms. The van der Waals surface area contributed by atoms with Gasteiger partial charge in [-0.25, -0.2) is 9.59 Å². The van der Waals surface area contributed by atoms with Gasteiger partial charge in [0.05, 0.1) is 5.41 Å². The normalized spacial score (nSPS) is 28.7. The molecule has 0 bridgehead atoms. The lowest BCUT2D eigenvalue weighted by molar-refractivity contribution is -0.150. The topological polar surface area (TPSA) is 95.9 Å². The summed E-state index contributed by atoms with van der Waals surface area (Å²) >= 11 is 0. The molecule has 1 heterocycles. The molecule has 34 heavy (non-hydrogen) atoms. The number of carboxylic acids is 1. The van der Waals surface area contributed by atoms with Gasteiger partial charge in [0.1, 0.15) is 12.6 Å². The van der Waals surface area contributed by atoms with Gasteiger partial charge in [-0.05, 0) is 60.3 Å². The summed E-state index contributed by atoms with van der Waals surface area (Å²) in [7, 11) is 0. The van der Waals surface area contributed by atoms with Crippen molar-refractivity contribution in [3.63, 3.8) is 0 Å².